The summed E-state index contributed by atoms with van der Waals surface area (Å²) < 4.78 is 5.22. The van der Waals surface area contributed by atoms with Gasteiger partial charge in [-0.1, -0.05) is 31.4 Å². The van der Waals surface area contributed by atoms with Gasteiger partial charge in [-0.15, -0.1) is 0 Å². The second-order valence-corrected chi connectivity index (χ2v) is 8.90. The molecule has 1 aromatic carbocycles. The van der Waals surface area contributed by atoms with Crippen LogP contribution in [0.15, 0.2) is 67.3 Å². The predicted molar refractivity (Wildman–Crippen MR) is 135 cm³/mol. The fourth-order valence-corrected chi connectivity index (χ4v) is 4.62. The van der Waals surface area contributed by atoms with Crippen molar-refractivity contribution in [2.75, 3.05) is 31.7 Å². The molecule has 1 amide bonds. The van der Waals surface area contributed by atoms with Crippen LogP contribution in [0.25, 0.3) is 11.1 Å². The van der Waals surface area contributed by atoms with E-state index in [1.165, 1.54) is 24.8 Å². The highest BCUT2D eigenvalue weighted by Gasteiger charge is 2.21. The number of hydrogen-bond donors (Lipinski definition) is 0. The summed E-state index contributed by atoms with van der Waals surface area (Å²) in [5.41, 5.74) is 5.60. The van der Waals surface area contributed by atoms with E-state index in [2.05, 4.69) is 39.1 Å². The number of anilines is 1. The SMILES string of the molecule is COCC(=O)N1CCCCCCCN(Cc2cccnc2)Cc2cc(-c3ccncc3)ccc21. The van der Waals surface area contributed by atoms with Crippen molar-refractivity contribution < 1.29 is 9.53 Å². The number of rotatable bonds is 5. The molecule has 0 fully saturated rings. The fraction of sp³-hybridized carbons (Fsp3) is 0.393. The molecule has 4 rings (SSSR count). The van der Waals surface area contributed by atoms with E-state index in [0.29, 0.717) is 6.54 Å². The molecule has 0 atom stereocenters. The lowest BCUT2D eigenvalue weighted by Crippen LogP contribution is -2.36. The van der Waals surface area contributed by atoms with Crippen LogP contribution < -0.4 is 4.90 Å². The number of nitrogens with zero attached hydrogens (tertiary/aromatic N) is 4. The number of benzene rings is 1. The van der Waals surface area contributed by atoms with Crippen LogP contribution in [0.2, 0.25) is 0 Å². The molecule has 178 valence electrons. The molecule has 6 heteroatoms. The average molecular weight is 459 g/mol. The quantitative estimate of drug-likeness (QED) is 0.533. The number of hydrogen-bond acceptors (Lipinski definition) is 5. The van der Waals surface area contributed by atoms with Gasteiger partial charge in [0, 0.05) is 57.2 Å². The molecule has 1 aliphatic heterocycles. The Labute approximate surface area is 202 Å². The highest BCUT2D eigenvalue weighted by molar-refractivity contribution is 5.95. The predicted octanol–water partition coefficient (Wildman–Crippen LogP) is 5.09. The number of pyridine rings is 2. The Kier molecular flexibility index (Phi) is 8.77. The third-order valence-electron chi connectivity index (χ3n) is 6.33. The summed E-state index contributed by atoms with van der Waals surface area (Å²) in [4.78, 5) is 26.0. The molecule has 0 radical (unpaired) electrons. The summed E-state index contributed by atoms with van der Waals surface area (Å²) in [6.07, 6.45) is 13.1. The second kappa shape index (κ2) is 12.4. The molecule has 6 nitrogen and oxygen atoms in total. The molecular weight excluding hydrogens is 424 g/mol. The summed E-state index contributed by atoms with van der Waals surface area (Å²) in [5, 5.41) is 0. The monoisotopic (exact) mass is 458 g/mol. The first-order valence-corrected chi connectivity index (χ1v) is 12.2. The maximum absolute atomic E-state index is 13.1. The lowest BCUT2D eigenvalue weighted by molar-refractivity contribution is -0.122. The number of fused-ring (bicyclic) bond motifs is 1. The third kappa shape index (κ3) is 6.49. The molecule has 0 unspecified atom stereocenters. The van der Waals surface area contributed by atoms with Crippen LogP contribution in [0.5, 0.6) is 0 Å². The van der Waals surface area contributed by atoms with Gasteiger partial charge in [0.05, 0.1) is 0 Å². The van der Waals surface area contributed by atoms with Crippen molar-refractivity contribution in [2.24, 2.45) is 0 Å². The van der Waals surface area contributed by atoms with Gasteiger partial charge in [-0.05, 0) is 72.0 Å². The zero-order valence-corrected chi connectivity index (χ0v) is 20.0. The molecule has 3 aromatic rings. The Bertz CT molecular complexity index is 1040. The van der Waals surface area contributed by atoms with Crippen molar-refractivity contribution in [3.8, 4) is 11.1 Å². The van der Waals surface area contributed by atoms with Crippen LogP contribution in [-0.4, -0.2) is 47.6 Å². The highest BCUT2D eigenvalue weighted by atomic mass is 16.5. The van der Waals surface area contributed by atoms with Crippen LogP contribution in [-0.2, 0) is 22.6 Å². The minimum absolute atomic E-state index is 0.0104. The lowest BCUT2D eigenvalue weighted by Gasteiger charge is -2.30. The third-order valence-corrected chi connectivity index (χ3v) is 6.33. The maximum Gasteiger partial charge on any atom is 0.252 e. The first kappa shape index (κ1) is 24.0. The van der Waals surface area contributed by atoms with E-state index in [9.17, 15) is 4.79 Å². The Balaban J connectivity index is 1.73. The van der Waals surface area contributed by atoms with Gasteiger partial charge in [-0.3, -0.25) is 19.7 Å². The molecule has 0 saturated heterocycles. The van der Waals surface area contributed by atoms with Gasteiger partial charge in [0.15, 0.2) is 0 Å². The summed E-state index contributed by atoms with van der Waals surface area (Å²) in [6, 6.07) is 14.6. The van der Waals surface area contributed by atoms with Crippen molar-refractivity contribution in [3.63, 3.8) is 0 Å². The zero-order valence-electron chi connectivity index (χ0n) is 20.0. The standard InChI is InChI=1S/C28H34N4O2/c1-34-22-28(33)32-17-6-4-2-3-5-16-31(20-23-8-7-13-30-19-23)21-26-18-25(9-10-27(26)32)24-11-14-29-15-12-24/h7-15,18-19H,2-6,16-17,20-22H2,1H3. The number of methoxy groups -OCH3 is 1. The first-order valence-electron chi connectivity index (χ1n) is 12.2. The van der Waals surface area contributed by atoms with E-state index in [1.54, 1.807) is 7.11 Å². The van der Waals surface area contributed by atoms with Crippen molar-refractivity contribution in [2.45, 2.75) is 45.2 Å². The molecule has 0 saturated carbocycles. The van der Waals surface area contributed by atoms with Crippen LogP contribution in [0, 0.1) is 0 Å². The molecule has 0 N–H and O–H groups in total. The Morgan fingerprint density at radius 1 is 0.912 bits per heavy atom. The molecule has 1 aliphatic rings. The molecule has 34 heavy (non-hydrogen) atoms. The molecule has 0 bridgehead atoms. The molecule has 0 spiro atoms. The largest absolute Gasteiger partial charge is 0.375 e. The number of aromatic nitrogens is 2. The Morgan fingerprint density at radius 3 is 2.47 bits per heavy atom. The van der Waals surface area contributed by atoms with Crippen molar-refractivity contribution in [3.05, 3.63) is 78.4 Å². The van der Waals surface area contributed by atoms with Crippen LogP contribution >= 0.6 is 0 Å². The molecule has 3 heterocycles. The molecule has 2 aromatic heterocycles. The van der Waals surface area contributed by atoms with Crippen LogP contribution in [0.4, 0.5) is 5.69 Å². The summed E-state index contributed by atoms with van der Waals surface area (Å²) in [5.74, 6) is 0.0104. The fourth-order valence-electron chi connectivity index (χ4n) is 4.62. The minimum Gasteiger partial charge on any atom is -0.375 e. The van der Waals surface area contributed by atoms with Gasteiger partial charge < -0.3 is 9.64 Å². The summed E-state index contributed by atoms with van der Waals surface area (Å²) >= 11 is 0. The van der Waals surface area contributed by atoms with E-state index in [-0.39, 0.29) is 12.5 Å². The number of carbonyl (C=O) groups is 1. The van der Waals surface area contributed by atoms with E-state index in [1.807, 2.05) is 47.9 Å². The maximum atomic E-state index is 13.1. The number of ether oxygens (including phenoxy) is 1. The smallest absolute Gasteiger partial charge is 0.252 e. The average Bonchev–Trinajstić information content (AvgIpc) is 2.86. The molecule has 0 aliphatic carbocycles. The van der Waals surface area contributed by atoms with Gasteiger partial charge in [0.25, 0.3) is 5.91 Å². The van der Waals surface area contributed by atoms with Gasteiger partial charge in [0.2, 0.25) is 0 Å². The van der Waals surface area contributed by atoms with E-state index < -0.39 is 0 Å². The van der Waals surface area contributed by atoms with Gasteiger partial charge in [-0.2, -0.15) is 0 Å². The Morgan fingerprint density at radius 2 is 1.71 bits per heavy atom. The summed E-state index contributed by atoms with van der Waals surface area (Å²) in [7, 11) is 1.58. The van der Waals surface area contributed by atoms with Crippen LogP contribution in [0.1, 0.15) is 43.2 Å². The topological polar surface area (TPSA) is 58.6 Å². The van der Waals surface area contributed by atoms with E-state index in [0.717, 1.165) is 54.9 Å². The van der Waals surface area contributed by atoms with E-state index >= 15 is 0 Å². The first-order chi connectivity index (χ1) is 16.7. The second-order valence-electron chi connectivity index (χ2n) is 8.90. The Hall–Kier alpha value is -3.09. The van der Waals surface area contributed by atoms with Gasteiger partial charge >= 0.3 is 0 Å². The minimum atomic E-state index is 0.0104. The van der Waals surface area contributed by atoms with Crippen molar-refractivity contribution >= 4 is 11.6 Å². The lowest BCUT2D eigenvalue weighted by atomic mass is 10.0. The zero-order chi connectivity index (χ0) is 23.6. The molecular formula is C28H34N4O2. The highest BCUT2D eigenvalue weighted by Crippen LogP contribution is 2.30. The van der Waals surface area contributed by atoms with Crippen molar-refractivity contribution in [1.29, 1.82) is 0 Å². The van der Waals surface area contributed by atoms with Crippen molar-refractivity contribution in [1.82, 2.24) is 14.9 Å². The summed E-state index contributed by atoms with van der Waals surface area (Å²) in [6.45, 7) is 3.41. The van der Waals surface area contributed by atoms with Gasteiger partial charge in [0.1, 0.15) is 6.61 Å². The van der Waals surface area contributed by atoms with Crippen LogP contribution in [0.3, 0.4) is 0 Å². The number of amides is 1. The van der Waals surface area contributed by atoms with E-state index in [4.69, 9.17) is 4.74 Å². The number of carbonyl (C=O) groups excluding carboxylic acids is 1. The van der Waals surface area contributed by atoms with Gasteiger partial charge in [-0.25, -0.2) is 0 Å². The normalized spacial score (nSPS) is 15.7.